The van der Waals surface area contributed by atoms with E-state index in [1.165, 1.54) is 173 Å². The third kappa shape index (κ3) is 26.0. The van der Waals surface area contributed by atoms with Crippen LogP contribution in [0.2, 0.25) is 0 Å². The first kappa shape index (κ1) is 38.5. The zero-order valence-corrected chi connectivity index (χ0v) is 27.6. The molecule has 0 aliphatic heterocycles. The Hall–Kier alpha value is 0.380. The van der Waals surface area contributed by atoms with Crippen molar-refractivity contribution in [2.24, 2.45) is 5.73 Å². The highest BCUT2D eigenvalue weighted by molar-refractivity contribution is 7.76. The van der Waals surface area contributed by atoms with Crippen LogP contribution in [0.1, 0.15) is 175 Å². The minimum atomic E-state index is -1.23. The minimum absolute atomic E-state index is 0. The van der Waals surface area contributed by atoms with Crippen molar-refractivity contribution in [3.8, 4) is 0 Å². The first-order valence-electron chi connectivity index (χ1n) is 16.2. The molecule has 0 spiro atoms. The van der Waals surface area contributed by atoms with Crippen LogP contribution >= 0.6 is 7.26 Å². The first-order valence-corrected chi connectivity index (χ1v) is 18.8. The van der Waals surface area contributed by atoms with Crippen LogP contribution in [-0.4, -0.2) is 30.6 Å². The maximum Gasteiger partial charge on any atom is 0.254 e. The molecule has 0 aliphatic rings. The van der Waals surface area contributed by atoms with E-state index in [4.69, 9.17) is 5.73 Å². The average Bonchev–Trinajstić information content (AvgIpc) is 2.83. The minimum Gasteiger partial charge on any atom is -1.00 e. The second-order valence-electron chi connectivity index (χ2n) is 11.6. The SMILES string of the molecule is CCCCCCCCCC[P+](CCCCCCCCCC)(CCCCCCCCCC)CC(N)=O.[Br-]. The van der Waals surface area contributed by atoms with Crippen LogP contribution in [0.5, 0.6) is 0 Å². The van der Waals surface area contributed by atoms with E-state index in [1.54, 1.807) is 0 Å². The fourth-order valence-electron chi connectivity index (χ4n) is 5.65. The summed E-state index contributed by atoms with van der Waals surface area (Å²) in [5, 5.41) is 0. The summed E-state index contributed by atoms with van der Waals surface area (Å²) in [6, 6.07) is 0. The van der Waals surface area contributed by atoms with Gasteiger partial charge >= 0.3 is 0 Å². The standard InChI is InChI=1S/C32H66NOP.BrH/c1-4-7-10-13-16-19-22-25-28-35(31-32(33)34,29-26-23-20-17-14-11-8-5-2)30-27-24-21-18-15-12-9-6-3;/h4-31H2,1-3H3,(H-,33,34);1H. The maximum atomic E-state index is 12.2. The van der Waals surface area contributed by atoms with Gasteiger partial charge in [0.1, 0.15) is 6.16 Å². The molecule has 0 fully saturated rings. The lowest BCUT2D eigenvalue weighted by molar-refractivity contribution is -0.115. The highest BCUT2D eigenvalue weighted by atomic mass is 79.9. The van der Waals surface area contributed by atoms with E-state index in [0.29, 0.717) is 0 Å². The smallest absolute Gasteiger partial charge is 0.254 e. The van der Waals surface area contributed by atoms with Gasteiger partial charge in [-0.05, 0) is 38.5 Å². The van der Waals surface area contributed by atoms with Crippen molar-refractivity contribution in [1.29, 1.82) is 0 Å². The van der Waals surface area contributed by atoms with Gasteiger partial charge in [-0.15, -0.1) is 0 Å². The molecule has 0 aliphatic carbocycles. The first-order chi connectivity index (χ1) is 17.1. The molecule has 0 bridgehead atoms. The summed E-state index contributed by atoms with van der Waals surface area (Å²) in [5.41, 5.74) is 5.86. The van der Waals surface area contributed by atoms with Gasteiger partial charge in [0, 0.05) is 7.26 Å². The predicted octanol–water partition coefficient (Wildman–Crippen LogP) is 7.92. The van der Waals surface area contributed by atoms with E-state index in [9.17, 15) is 4.79 Å². The zero-order valence-electron chi connectivity index (χ0n) is 25.1. The topological polar surface area (TPSA) is 43.1 Å². The summed E-state index contributed by atoms with van der Waals surface area (Å²) in [4.78, 5) is 12.2. The Morgan fingerprint density at radius 3 is 0.889 bits per heavy atom. The molecule has 2 N–H and O–H groups in total. The molecule has 218 valence electrons. The summed E-state index contributed by atoms with van der Waals surface area (Å²) < 4.78 is 0. The quantitative estimate of drug-likeness (QED) is 0.0696. The summed E-state index contributed by atoms with van der Waals surface area (Å²) >= 11 is 0. The van der Waals surface area contributed by atoms with Gasteiger partial charge < -0.3 is 22.7 Å². The predicted molar refractivity (Wildman–Crippen MR) is 163 cm³/mol. The zero-order chi connectivity index (χ0) is 25.9. The Morgan fingerprint density at radius 1 is 0.444 bits per heavy atom. The molecule has 0 radical (unpaired) electrons. The Bertz CT molecular complexity index is 396. The fraction of sp³-hybridized carbons (Fsp3) is 0.969. The monoisotopic (exact) mass is 591 g/mol. The van der Waals surface area contributed by atoms with Crippen molar-refractivity contribution in [2.75, 3.05) is 24.6 Å². The van der Waals surface area contributed by atoms with E-state index in [1.807, 2.05) is 0 Å². The number of hydrogen-bond acceptors (Lipinski definition) is 1. The number of unbranched alkanes of at least 4 members (excludes halogenated alkanes) is 21. The van der Waals surface area contributed by atoms with Crippen LogP contribution in [-0.2, 0) is 4.79 Å². The van der Waals surface area contributed by atoms with Crippen molar-refractivity contribution >= 4 is 13.2 Å². The molecule has 0 aromatic rings. The molecule has 0 atom stereocenters. The van der Waals surface area contributed by atoms with Gasteiger partial charge in [0.2, 0.25) is 0 Å². The Labute approximate surface area is 239 Å². The second kappa shape index (κ2) is 29.9. The molecule has 0 aromatic heterocycles. The van der Waals surface area contributed by atoms with Crippen molar-refractivity contribution < 1.29 is 21.8 Å². The number of primary amides is 1. The van der Waals surface area contributed by atoms with Crippen LogP contribution in [0.4, 0.5) is 0 Å². The fourth-order valence-corrected chi connectivity index (χ4v) is 10.1. The van der Waals surface area contributed by atoms with Gasteiger partial charge in [0.15, 0.2) is 0 Å². The highest BCUT2D eigenvalue weighted by Crippen LogP contribution is 2.60. The molecular weight excluding hydrogens is 525 g/mol. The summed E-state index contributed by atoms with van der Waals surface area (Å²) in [6.07, 6.45) is 37.8. The molecule has 0 unspecified atom stereocenters. The van der Waals surface area contributed by atoms with Crippen LogP contribution < -0.4 is 22.7 Å². The van der Waals surface area contributed by atoms with Crippen molar-refractivity contribution in [3.05, 3.63) is 0 Å². The van der Waals surface area contributed by atoms with E-state index in [-0.39, 0.29) is 22.9 Å². The second-order valence-corrected chi connectivity index (χ2v) is 15.9. The molecule has 1 amide bonds. The Balaban J connectivity index is 0. The third-order valence-electron chi connectivity index (χ3n) is 7.95. The number of halogens is 1. The van der Waals surface area contributed by atoms with Gasteiger partial charge in [-0.2, -0.15) is 0 Å². The normalized spacial score (nSPS) is 11.5. The van der Waals surface area contributed by atoms with Crippen molar-refractivity contribution in [3.63, 3.8) is 0 Å². The number of carbonyl (C=O) groups excluding carboxylic acids is 1. The molecule has 0 aromatic carbocycles. The molecule has 0 rings (SSSR count). The lowest BCUT2D eigenvalue weighted by Gasteiger charge is -2.27. The lowest BCUT2D eigenvalue weighted by Crippen LogP contribution is -3.00. The molecule has 36 heavy (non-hydrogen) atoms. The molecule has 0 saturated heterocycles. The van der Waals surface area contributed by atoms with Crippen molar-refractivity contribution in [1.82, 2.24) is 0 Å². The largest absolute Gasteiger partial charge is 1.00 e. The third-order valence-corrected chi connectivity index (χ3v) is 12.7. The van der Waals surface area contributed by atoms with Crippen LogP contribution in [0.15, 0.2) is 0 Å². The van der Waals surface area contributed by atoms with Gasteiger partial charge in [0.25, 0.3) is 5.91 Å². The van der Waals surface area contributed by atoms with E-state index in [2.05, 4.69) is 20.8 Å². The lowest BCUT2D eigenvalue weighted by atomic mass is 10.1. The molecule has 0 saturated carbocycles. The van der Waals surface area contributed by atoms with Gasteiger partial charge in [-0.25, -0.2) is 0 Å². The molecule has 0 heterocycles. The van der Waals surface area contributed by atoms with Gasteiger partial charge in [-0.3, -0.25) is 4.79 Å². The summed E-state index contributed by atoms with van der Waals surface area (Å²) in [5.74, 6) is -0.0166. The van der Waals surface area contributed by atoms with E-state index >= 15 is 0 Å². The number of nitrogens with two attached hydrogens (primary N) is 1. The van der Waals surface area contributed by atoms with Crippen molar-refractivity contribution in [2.45, 2.75) is 175 Å². The average molecular weight is 593 g/mol. The molecule has 4 heteroatoms. The molecular formula is C32H67BrNOP. The van der Waals surface area contributed by atoms with E-state index < -0.39 is 7.26 Å². The highest BCUT2D eigenvalue weighted by Gasteiger charge is 2.37. The summed E-state index contributed by atoms with van der Waals surface area (Å²) in [6.45, 7) is 6.88. The maximum absolute atomic E-state index is 12.2. The summed E-state index contributed by atoms with van der Waals surface area (Å²) in [7, 11) is -1.23. The van der Waals surface area contributed by atoms with Crippen LogP contribution in [0, 0.1) is 0 Å². The van der Waals surface area contributed by atoms with Crippen LogP contribution in [0.3, 0.4) is 0 Å². The van der Waals surface area contributed by atoms with Crippen LogP contribution in [0.25, 0.3) is 0 Å². The number of rotatable bonds is 29. The Kier molecular flexibility index (Phi) is 32.0. The Morgan fingerprint density at radius 2 is 0.667 bits per heavy atom. The number of hydrogen-bond donors (Lipinski definition) is 1. The van der Waals surface area contributed by atoms with Gasteiger partial charge in [-0.1, -0.05) is 136 Å². The molecule has 2 nitrogen and oxygen atoms in total. The number of amides is 1. The van der Waals surface area contributed by atoms with Gasteiger partial charge in [0.05, 0.1) is 18.5 Å². The van der Waals surface area contributed by atoms with E-state index in [0.717, 1.165) is 6.16 Å². The number of carbonyl (C=O) groups is 1.